The van der Waals surface area contributed by atoms with Crippen molar-refractivity contribution in [3.63, 3.8) is 0 Å². The second kappa shape index (κ2) is 6.77. The van der Waals surface area contributed by atoms with Gasteiger partial charge in [0.05, 0.1) is 25.0 Å². The molecule has 10 heteroatoms. The number of anilines is 1. The minimum atomic E-state index is -0.333. The third-order valence-electron chi connectivity index (χ3n) is 4.94. The number of β-amino-alcohol motifs (C(OH)–C–C–N with tert-alkyl or cyclic N) is 1. The summed E-state index contributed by atoms with van der Waals surface area (Å²) in [4.78, 5) is 16.4. The molecule has 1 N–H and O–H groups in total. The Morgan fingerprint density at radius 3 is 2.68 bits per heavy atom. The maximum absolute atomic E-state index is 9.99. The molecule has 4 heterocycles. The summed E-state index contributed by atoms with van der Waals surface area (Å²) < 4.78 is 3.77. The fourth-order valence-electron chi connectivity index (χ4n) is 3.41. The number of hydrogen-bond donors (Lipinski definition) is 1. The van der Waals surface area contributed by atoms with E-state index in [2.05, 4.69) is 46.2 Å². The van der Waals surface area contributed by atoms with Crippen molar-refractivity contribution in [2.75, 3.05) is 18.0 Å². The molecule has 0 unspecified atom stereocenters. The van der Waals surface area contributed by atoms with Gasteiger partial charge in [-0.15, -0.1) is 5.10 Å². The third kappa shape index (κ3) is 3.32. The van der Waals surface area contributed by atoms with Crippen molar-refractivity contribution in [3.05, 3.63) is 18.0 Å². The van der Waals surface area contributed by atoms with Crippen LogP contribution in [0.4, 0.5) is 5.82 Å². The monoisotopic (exact) mass is 385 g/mol. The number of imidazole rings is 1. The molecule has 150 valence electrons. The Kier molecular flexibility index (Phi) is 4.53. The van der Waals surface area contributed by atoms with Crippen LogP contribution in [0, 0.1) is 0 Å². The van der Waals surface area contributed by atoms with Gasteiger partial charge in [-0.3, -0.25) is 0 Å². The zero-order valence-electron chi connectivity index (χ0n) is 17.0. The van der Waals surface area contributed by atoms with Crippen LogP contribution in [0.15, 0.2) is 6.33 Å². The predicted octanol–water partition coefficient (Wildman–Crippen LogP) is 1.31. The van der Waals surface area contributed by atoms with Crippen LogP contribution in [0.1, 0.15) is 58.7 Å². The summed E-state index contributed by atoms with van der Waals surface area (Å²) in [5, 5.41) is 22.0. The standard InChI is InChI=1S/C18H27N9O/c1-11(2)27-13(22-23-24-27)9-26-10-19-14-15(25-7-6-12(28)8-25)20-17(18(3,4)5)21-16(14)26/h10-12,28H,6-9H2,1-5H3/t12-/m0/s1. The molecule has 0 amide bonds. The van der Waals surface area contributed by atoms with Gasteiger partial charge in [-0.1, -0.05) is 20.8 Å². The number of aliphatic hydroxyl groups excluding tert-OH is 1. The number of nitrogens with zero attached hydrogens (tertiary/aromatic N) is 9. The lowest BCUT2D eigenvalue weighted by atomic mass is 9.96. The highest BCUT2D eigenvalue weighted by Crippen LogP contribution is 2.30. The number of rotatable bonds is 4. The Labute approximate surface area is 163 Å². The number of tetrazole rings is 1. The van der Waals surface area contributed by atoms with Crippen LogP contribution in [0.2, 0.25) is 0 Å². The maximum atomic E-state index is 9.99. The van der Waals surface area contributed by atoms with E-state index < -0.39 is 0 Å². The SMILES string of the molecule is CC(C)n1nnnc1Cn1cnc2c(N3CC[C@H](O)C3)nc(C(C)(C)C)nc21. The molecule has 0 radical (unpaired) electrons. The molecule has 1 fully saturated rings. The summed E-state index contributed by atoms with van der Waals surface area (Å²) in [7, 11) is 0. The summed E-state index contributed by atoms with van der Waals surface area (Å²) in [6, 6.07) is 0.168. The lowest BCUT2D eigenvalue weighted by molar-refractivity contribution is 0.198. The third-order valence-corrected chi connectivity index (χ3v) is 4.94. The highest BCUT2D eigenvalue weighted by Gasteiger charge is 2.28. The van der Waals surface area contributed by atoms with E-state index in [-0.39, 0.29) is 17.6 Å². The molecule has 0 spiro atoms. The molecule has 4 rings (SSSR count). The van der Waals surface area contributed by atoms with Gasteiger partial charge in [0.1, 0.15) is 5.82 Å². The molecule has 3 aromatic heterocycles. The number of aliphatic hydroxyl groups is 1. The van der Waals surface area contributed by atoms with E-state index in [4.69, 9.17) is 9.97 Å². The topological polar surface area (TPSA) is 111 Å². The first-order chi connectivity index (χ1) is 13.2. The molecule has 0 saturated carbocycles. The van der Waals surface area contributed by atoms with Gasteiger partial charge in [0, 0.05) is 18.5 Å². The Morgan fingerprint density at radius 2 is 2.04 bits per heavy atom. The van der Waals surface area contributed by atoms with Crippen molar-refractivity contribution in [1.29, 1.82) is 0 Å². The second-order valence-corrected chi connectivity index (χ2v) is 8.69. The van der Waals surface area contributed by atoms with Gasteiger partial charge < -0.3 is 14.6 Å². The molecule has 1 saturated heterocycles. The Bertz CT molecular complexity index is 985. The van der Waals surface area contributed by atoms with Gasteiger partial charge in [0.15, 0.2) is 22.8 Å². The summed E-state index contributed by atoms with van der Waals surface area (Å²) in [6.45, 7) is 12.2. The van der Waals surface area contributed by atoms with E-state index >= 15 is 0 Å². The fraction of sp³-hybridized carbons (Fsp3) is 0.667. The first-order valence-electron chi connectivity index (χ1n) is 9.67. The van der Waals surface area contributed by atoms with Gasteiger partial charge in [-0.25, -0.2) is 19.6 Å². The Morgan fingerprint density at radius 1 is 1.25 bits per heavy atom. The van der Waals surface area contributed by atoms with Crippen molar-refractivity contribution in [2.24, 2.45) is 0 Å². The largest absolute Gasteiger partial charge is 0.391 e. The molecular weight excluding hydrogens is 358 g/mol. The molecule has 3 aromatic rings. The van der Waals surface area contributed by atoms with Gasteiger partial charge in [0.2, 0.25) is 0 Å². The van der Waals surface area contributed by atoms with Gasteiger partial charge >= 0.3 is 0 Å². The zero-order chi connectivity index (χ0) is 20.1. The van der Waals surface area contributed by atoms with Crippen molar-refractivity contribution in [3.8, 4) is 0 Å². The molecule has 1 atom stereocenters. The Balaban J connectivity index is 1.82. The summed E-state index contributed by atoms with van der Waals surface area (Å²) in [6.07, 6.45) is 2.17. The normalized spacial score (nSPS) is 18.0. The van der Waals surface area contributed by atoms with Gasteiger partial charge in [-0.05, 0) is 30.7 Å². The zero-order valence-corrected chi connectivity index (χ0v) is 17.0. The maximum Gasteiger partial charge on any atom is 0.171 e. The van der Waals surface area contributed by atoms with Crippen molar-refractivity contribution < 1.29 is 5.11 Å². The average Bonchev–Trinajstić information content (AvgIpc) is 3.34. The van der Waals surface area contributed by atoms with E-state index in [9.17, 15) is 5.11 Å². The predicted molar refractivity (Wildman–Crippen MR) is 104 cm³/mol. The minimum Gasteiger partial charge on any atom is -0.391 e. The van der Waals surface area contributed by atoms with Crippen LogP contribution < -0.4 is 4.90 Å². The van der Waals surface area contributed by atoms with E-state index in [1.807, 2.05) is 18.4 Å². The highest BCUT2D eigenvalue weighted by molar-refractivity contribution is 5.84. The quantitative estimate of drug-likeness (QED) is 0.716. The van der Waals surface area contributed by atoms with Crippen LogP contribution in [0.25, 0.3) is 11.2 Å². The minimum absolute atomic E-state index is 0.168. The lowest BCUT2D eigenvalue weighted by Gasteiger charge is -2.22. The highest BCUT2D eigenvalue weighted by atomic mass is 16.3. The lowest BCUT2D eigenvalue weighted by Crippen LogP contribution is -2.25. The van der Waals surface area contributed by atoms with Gasteiger partial charge in [-0.2, -0.15) is 0 Å². The molecular formula is C18H27N9O. The molecule has 1 aliphatic rings. The molecule has 0 aromatic carbocycles. The van der Waals surface area contributed by atoms with E-state index in [1.54, 1.807) is 11.0 Å². The van der Waals surface area contributed by atoms with Crippen LogP contribution in [-0.2, 0) is 12.0 Å². The molecule has 0 bridgehead atoms. The van der Waals surface area contributed by atoms with Gasteiger partial charge in [0.25, 0.3) is 0 Å². The second-order valence-electron chi connectivity index (χ2n) is 8.69. The van der Waals surface area contributed by atoms with Crippen LogP contribution in [0.5, 0.6) is 0 Å². The molecule has 28 heavy (non-hydrogen) atoms. The van der Waals surface area contributed by atoms with Crippen LogP contribution in [-0.4, -0.2) is 64.0 Å². The van der Waals surface area contributed by atoms with E-state index in [0.717, 1.165) is 41.6 Å². The summed E-state index contributed by atoms with van der Waals surface area (Å²) in [5.74, 6) is 2.29. The number of hydrogen-bond acceptors (Lipinski definition) is 8. The summed E-state index contributed by atoms with van der Waals surface area (Å²) >= 11 is 0. The van der Waals surface area contributed by atoms with Crippen LogP contribution >= 0.6 is 0 Å². The molecule has 0 aliphatic carbocycles. The first kappa shape index (κ1) is 18.7. The number of fused-ring (bicyclic) bond motifs is 1. The number of aromatic nitrogens is 8. The molecule has 10 nitrogen and oxygen atoms in total. The van der Waals surface area contributed by atoms with Crippen molar-refractivity contribution in [2.45, 2.75) is 65.1 Å². The van der Waals surface area contributed by atoms with Crippen molar-refractivity contribution in [1.82, 2.24) is 39.7 Å². The first-order valence-corrected chi connectivity index (χ1v) is 9.67. The Hall–Kier alpha value is -2.62. The smallest absolute Gasteiger partial charge is 0.171 e. The average molecular weight is 385 g/mol. The fourth-order valence-corrected chi connectivity index (χ4v) is 3.41. The summed E-state index contributed by atoms with van der Waals surface area (Å²) in [5.41, 5.74) is 1.29. The molecule has 1 aliphatic heterocycles. The van der Waals surface area contributed by atoms with Crippen LogP contribution in [0.3, 0.4) is 0 Å². The van der Waals surface area contributed by atoms with Crippen molar-refractivity contribution >= 4 is 17.0 Å². The van der Waals surface area contributed by atoms with E-state index in [0.29, 0.717) is 13.1 Å². The van der Waals surface area contributed by atoms with E-state index in [1.165, 1.54) is 0 Å².